The van der Waals surface area contributed by atoms with Crippen LogP contribution in [0.4, 0.5) is 5.88 Å². The number of piperidine rings is 1. The lowest BCUT2D eigenvalue weighted by Gasteiger charge is -2.35. The van der Waals surface area contributed by atoms with Gasteiger partial charge in [-0.15, -0.1) is 0 Å². The fourth-order valence-corrected chi connectivity index (χ4v) is 7.15. The molecule has 0 N–H and O–H groups in total. The van der Waals surface area contributed by atoms with Gasteiger partial charge in [-0.1, -0.05) is 41.7 Å². The zero-order valence-corrected chi connectivity index (χ0v) is 25.9. The average Bonchev–Trinajstić information content (AvgIpc) is 3.60. The van der Waals surface area contributed by atoms with Gasteiger partial charge in [-0.2, -0.15) is 0 Å². The normalized spacial score (nSPS) is 17.9. The van der Waals surface area contributed by atoms with Crippen molar-refractivity contribution in [3.05, 3.63) is 90.8 Å². The van der Waals surface area contributed by atoms with Crippen molar-refractivity contribution in [3.63, 3.8) is 0 Å². The molecule has 2 aliphatic heterocycles. The Morgan fingerprint density at radius 1 is 1.14 bits per heavy atom. The van der Waals surface area contributed by atoms with Crippen molar-refractivity contribution >= 4 is 40.0 Å². The monoisotopic (exact) mass is 600 g/mol. The smallest absolute Gasteiger partial charge is 0.338 e. The Bertz CT molecular complexity index is 1890. The van der Waals surface area contributed by atoms with Crippen molar-refractivity contribution in [2.24, 2.45) is 4.99 Å². The van der Waals surface area contributed by atoms with E-state index in [4.69, 9.17) is 18.9 Å². The average molecular weight is 601 g/mol. The van der Waals surface area contributed by atoms with Crippen LogP contribution in [0.25, 0.3) is 16.8 Å². The highest BCUT2D eigenvalue weighted by Crippen LogP contribution is 2.40. The molecule has 0 bridgehead atoms. The third kappa shape index (κ3) is 5.29. The number of benzene rings is 2. The van der Waals surface area contributed by atoms with Crippen LogP contribution in [0.15, 0.2) is 74.0 Å². The Labute approximate surface area is 254 Å². The van der Waals surface area contributed by atoms with E-state index in [9.17, 15) is 9.59 Å². The number of furan rings is 1. The van der Waals surface area contributed by atoms with Crippen LogP contribution in [0, 0.1) is 0 Å². The number of nitrogens with zero attached hydrogens (tertiary/aromatic N) is 4. The topological polar surface area (TPSA) is 89.5 Å². The Kier molecular flexibility index (Phi) is 7.98. The standard InChI is InChI=1S/C33H36N4O5S/c1-6-41-32(39)28-20(2)34-33-37(30(28)29-24-10-8-7-9-21(24)11-13-25(29)40-5)31(38)26(43-33)19-23-12-14-27(42-23)36-17-15-22(16-18-36)35(3)4/h7-14,19,22,30H,6,15-18H2,1-5H3/b26-19-/t30-/m0/s1. The second-order valence-electron chi connectivity index (χ2n) is 11.1. The molecule has 2 aromatic carbocycles. The molecule has 0 saturated carbocycles. The molecule has 2 aliphatic rings. The summed E-state index contributed by atoms with van der Waals surface area (Å²) in [7, 11) is 5.84. The molecule has 1 saturated heterocycles. The van der Waals surface area contributed by atoms with Gasteiger partial charge in [0.2, 0.25) is 0 Å². The Morgan fingerprint density at radius 2 is 1.91 bits per heavy atom. The zero-order valence-electron chi connectivity index (χ0n) is 25.1. The molecule has 4 heterocycles. The lowest BCUT2D eigenvalue weighted by atomic mass is 9.90. The minimum Gasteiger partial charge on any atom is -0.496 e. The van der Waals surface area contributed by atoms with Crippen LogP contribution in [0.5, 0.6) is 5.75 Å². The Balaban J connectivity index is 1.47. The van der Waals surface area contributed by atoms with Gasteiger partial charge in [0.25, 0.3) is 5.56 Å². The number of carbonyl (C=O) groups is 1. The number of methoxy groups -OCH3 is 1. The molecule has 1 fully saturated rings. The largest absolute Gasteiger partial charge is 0.496 e. The summed E-state index contributed by atoms with van der Waals surface area (Å²) in [4.78, 5) is 37.4. The molecule has 10 heteroatoms. The number of anilines is 1. The number of hydrogen-bond donors (Lipinski definition) is 0. The van der Waals surface area contributed by atoms with E-state index in [1.54, 1.807) is 31.6 Å². The van der Waals surface area contributed by atoms with Crippen LogP contribution in [-0.4, -0.2) is 62.4 Å². The molecule has 1 atom stereocenters. The number of rotatable bonds is 7. The van der Waals surface area contributed by atoms with Crippen LogP contribution >= 0.6 is 11.3 Å². The Hall–Kier alpha value is -4.15. The van der Waals surface area contributed by atoms with Crippen molar-refractivity contribution in [2.45, 2.75) is 38.8 Å². The second kappa shape index (κ2) is 11.9. The highest BCUT2D eigenvalue weighted by molar-refractivity contribution is 7.07. The van der Waals surface area contributed by atoms with Gasteiger partial charge in [0.1, 0.15) is 17.6 Å². The van der Waals surface area contributed by atoms with Crippen molar-refractivity contribution in [1.29, 1.82) is 0 Å². The number of thiazole rings is 1. The summed E-state index contributed by atoms with van der Waals surface area (Å²) >= 11 is 1.28. The predicted octanol–water partition coefficient (Wildman–Crippen LogP) is 4.08. The van der Waals surface area contributed by atoms with Gasteiger partial charge in [0.15, 0.2) is 10.7 Å². The zero-order chi connectivity index (χ0) is 30.2. The molecule has 2 aromatic heterocycles. The maximum absolute atomic E-state index is 14.2. The highest BCUT2D eigenvalue weighted by Gasteiger charge is 2.36. The molecule has 4 aromatic rings. The number of esters is 1. The van der Waals surface area contributed by atoms with Crippen LogP contribution in [0.2, 0.25) is 0 Å². The number of carbonyl (C=O) groups excluding carboxylic acids is 1. The fraction of sp³-hybridized carbons (Fsp3) is 0.364. The summed E-state index contributed by atoms with van der Waals surface area (Å²) < 4.78 is 19.6. The van der Waals surface area contributed by atoms with E-state index in [1.807, 2.05) is 48.5 Å². The maximum atomic E-state index is 14.2. The van der Waals surface area contributed by atoms with Crippen molar-refractivity contribution in [3.8, 4) is 5.75 Å². The first-order valence-electron chi connectivity index (χ1n) is 14.6. The summed E-state index contributed by atoms with van der Waals surface area (Å²) in [5.41, 5.74) is 1.28. The van der Waals surface area contributed by atoms with E-state index in [1.165, 1.54) is 11.3 Å². The summed E-state index contributed by atoms with van der Waals surface area (Å²) in [6.45, 7) is 5.58. The minimum atomic E-state index is -0.788. The number of allylic oxidation sites excluding steroid dienone is 1. The highest BCUT2D eigenvalue weighted by atomic mass is 32.1. The predicted molar refractivity (Wildman–Crippen MR) is 169 cm³/mol. The first-order chi connectivity index (χ1) is 20.8. The van der Waals surface area contributed by atoms with Crippen LogP contribution in [0.1, 0.15) is 44.1 Å². The molecule has 6 rings (SSSR count). The molecule has 0 aliphatic carbocycles. The van der Waals surface area contributed by atoms with Gasteiger partial charge in [0.05, 0.1) is 29.5 Å². The molecule has 0 spiro atoms. The summed E-state index contributed by atoms with van der Waals surface area (Å²) in [5, 5.41) is 1.85. The van der Waals surface area contributed by atoms with Gasteiger partial charge in [-0.05, 0) is 63.7 Å². The van der Waals surface area contributed by atoms with E-state index in [-0.39, 0.29) is 12.2 Å². The maximum Gasteiger partial charge on any atom is 0.338 e. The molecule has 43 heavy (non-hydrogen) atoms. The minimum absolute atomic E-state index is 0.201. The summed E-state index contributed by atoms with van der Waals surface area (Å²) in [5.74, 6) is 1.46. The summed E-state index contributed by atoms with van der Waals surface area (Å²) in [6, 6.07) is 15.4. The van der Waals surface area contributed by atoms with Crippen LogP contribution in [-0.2, 0) is 9.53 Å². The third-order valence-electron chi connectivity index (χ3n) is 8.33. The molecule has 224 valence electrons. The molecular formula is C33H36N4O5S. The quantitative estimate of drug-likeness (QED) is 0.296. The van der Waals surface area contributed by atoms with E-state index >= 15 is 0 Å². The molecule has 9 nitrogen and oxygen atoms in total. The van der Waals surface area contributed by atoms with E-state index in [0.29, 0.717) is 43.7 Å². The van der Waals surface area contributed by atoms with Gasteiger partial charge < -0.3 is 23.7 Å². The SMILES string of the molecule is CCOC(=O)C1=C(C)N=c2s/c(=C\c3ccc(N4CCC(N(C)C)CC4)o3)c(=O)n2[C@@H]1c1c(OC)ccc2ccccc12. The molecule has 0 radical (unpaired) electrons. The first-order valence-corrected chi connectivity index (χ1v) is 15.4. The number of ether oxygens (including phenoxy) is 2. The number of hydrogen-bond acceptors (Lipinski definition) is 9. The van der Waals surface area contributed by atoms with Gasteiger partial charge in [-0.25, -0.2) is 9.79 Å². The lowest BCUT2D eigenvalue weighted by molar-refractivity contribution is -0.139. The second-order valence-corrected chi connectivity index (χ2v) is 12.1. The number of fused-ring (bicyclic) bond motifs is 2. The van der Waals surface area contributed by atoms with E-state index in [2.05, 4.69) is 23.9 Å². The number of aromatic nitrogens is 1. The Morgan fingerprint density at radius 3 is 2.63 bits per heavy atom. The van der Waals surface area contributed by atoms with Gasteiger partial charge >= 0.3 is 5.97 Å². The van der Waals surface area contributed by atoms with Crippen LogP contribution in [0.3, 0.4) is 0 Å². The van der Waals surface area contributed by atoms with Crippen molar-refractivity contribution < 1.29 is 18.7 Å². The van der Waals surface area contributed by atoms with Gasteiger partial charge in [0, 0.05) is 36.8 Å². The van der Waals surface area contributed by atoms with Crippen molar-refractivity contribution in [1.82, 2.24) is 9.47 Å². The molecular weight excluding hydrogens is 564 g/mol. The van der Waals surface area contributed by atoms with Gasteiger partial charge in [-0.3, -0.25) is 9.36 Å². The molecule has 0 unspecified atom stereocenters. The first kappa shape index (κ1) is 28.9. The fourth-order valence-electron chi connectivity index (χ4n) is 6.12. The van der Waals surface area contributed by atoms with Crippen LogP contribution < -0.4 is 24.5 Å². The van der Waals surface area contributed by atoms with E-state index < -0.39 is 12.0 Å². The molecule has 0 amide bonds. The van der Waals surface area contributed by atoms with E-state index in [0.717, 1.165) is 42.6 Å². The lowest BCUT2D eigenvalue weighted by Crippen LogP contribution is -2.41. The van der Waals surface area contributed by atoms with Crippen molar-refractivity contribution in [2.75, 3.05) is 45.8 Å². The summed E-state index contributed by atoms with van der Waals surface area (Å²) in [6.07, 6.45) is 3.91. The third-order valence-corrected chi connectivity index (χ3v) is 9.32.